The maximum absolute atomic E-state index is 13.9. The van der Waals surface area contributed by atoms with Gasteiger partial charge in [-0.1, -0.05) is 105 Å². The van der Waals surface area contributed by atoms with Gasteiger partial charge in [-0.25, -0.2) is 4.79 Å². The molecule has 1 aliphatic heterocycles. The molecule has 3 aromatic carbocycles. The van der Waals surface area contributed by atoms with Gasteiger partial charge in [-0.3, -0.25) is 9.69 Å². The molecule has 1 saturated heterocycles. The maximum atomic E-state index is 13.9. The first-order chi connectivity index (χ1) is 17.4. The fourth-order valence-electron chi connectivity index (χ4n) is 4.70. The van der Waals surface area contributed by atoms with Crippen LogP contribution in [-0.4, -0.2) is 29.3 Å². The second-order valence-corrected chi connectivity index (χ2v) is 9.45. The molecule has 1 aliphatic rings. The number of ether oxygens (including phenoxy) is 3. The third-order valence-corrected chi connectivity index (χ3v) is 6.22. The quantitative estimate of drug-likeness (QED) is 0.359. The molecule has 1 unspecified atom stereocenters. The first kappa shape index (κ1) is 25.5. The maximum Gasteiger partial charge on any atom is 0.411 e. The van der Waals surface area contributed by atoms with Crippen LogP contribution >= 0.6 is 0 Å². The van der Waals surface area contributed by atoms with E-state index >= 15 is 0 Å². The Kier molecular flexibility index (Phi) is 8.39. The summed E-state index contributed by atoms with van der Waals surface area (Å²) >= 11 is 0. The van der Waals surface area contributed by atoms with Crippen molar-refractivity contribution in [3.05, 3.63) is 108 Å². The van der Waals surface area contributed by atoms with Crippen LogP contribution in [0.2, 0.25) is 0 Å². The standard InChI is InChI=1S/C30H33NO5/c1-21(2)19-26-29(35-22(3)32)36-28(25-17-11-6-12-18-25)27(24-15-9-5-10-16-24)31(26)30(33)34-20-23-13-7-4-8-14-23/h4-18,21,26-29H,19-20H2,1-3H3/t26-,27-,28+,29?/m1/s1. The van der Waals surface area contributed by atoms with Crippen LogP contribution in [0.3, 0.4) is 0 Å². The van der Waals surface area contributed by atoms with Crippen LogP contribution in [0.15, 0.2) is 91.0 Å². The fraction of sp³-hybridized carbons (Fsp3) is 0.333. The zero-order chi connectivity index (χ0) is 25.5. The Morgan fingerprint density at radius 3 is 1.97 bits per heavy atom. The van der Waals surface area contributed by atoms with Gasteiger partial charge in [0.2, 0.25) is 6.29 Å². The molecular weight excluding hydrogens is 454 g/mol. The number of carbonyl (C=O) groups excluding carboxylic acids is 2. The number of hydrogen-bond donors (Lipinski definition) is 0. The molecule has 0 aliphatic carbocycles. The van der Waals surface area contributed by atoms with Crippen LogP contribution in [0.4, 0.5) is 4.79 Å². The number of amides is 1. The summed E-state index contributed by atoms with van der Waals surface area (Å²) in [5, 5.41) is 0. The van der Waals surface area contributed by atoms with Crippen molar-refractivity contribution < 1.29 is 23.8 Å². The van der Waals surface area contributed by atoms with E-state index in [1.807, 2.05) is 91.0 Å². The predicted molar refractivity (Wildman–Crippen MR) is 137 cm³/mol. The van der Waals surface area contributed by atoms with Crippen LogP contribution in [0, 0.1) is 5.92 Å². The number of rotatable bonds is 7. The Bertz CT molecular complexity index is 1120. The van der Waals surface area contributed by atoms with Gasteiger partial charge in [-0.15, -0.1) is 0 Å². The van der Waals surface area contributed by atoms with E-state index < -0.39 is 36.5 Å². The highest BCUT2D eigenvalue weighted by Crippen LogP contribution is 2.45. The van der Waals surface area contributed by atoms with E-state index in [9.17, 15) is 9.59 Å². The lowest BCUT2D eigenvalue weighted by Gasteiger charge is -2.49. The van der Waals surface area contributed by atoms with Crippen LogP contribution in [0.25, 0.3) is 0 Å². The first-order valence-electron chi connectivity index (χ1n) is 12.4. The molecule has 1 heterocycles. The van der Waals surface area contributed by atoms with E-state index in [0.29, 0.717) is 6.42 Å². The average molecular weight is 488 g/mol. The van der Waals surface area contributed by atoms with Crippen molar-refractivity contribution >= 4 is 12.1 Å². The minimum atomic E-state index is -0.931. The van der Waals surface area contributed by atoms with Crippen LogP contribution in [-0.2, 0) is 25.6 Å². The highest BCUT2D eigenvalue weighted by Gasteiger charge is 2.49. The molecular formula is C30H33NO5. The summed E-state index contributed by atoms with van der Waals surface area (Å²) in [6, 6.07) is 28.1. The third kappa shape index (κ3) is 6.13. The number of nitrogens with zero attached hydrogens (tertiary/aromatic N) is 1. The second-order valence-electron chi connectivity index (χ2n) is 9.45. The van der Waals surface area contributed by atoms with Crippen molar-refractivity contribution in [3.8, 4) is 0 Å². The SMILES string of the molecule is CC(=O)OC1O[C@@H](c2ccccc2)[C@@H](c2ccccc2)N(C(=O)OCc2ccccc2)[C@@H]1CC(C)C. The van der Waals surface area contributed by atoms with Crippen molar-refractivity contribution in [2.75, 3.05) is 0 Å². The van der Waals surface area contributed by atoms with E-state index in [-0.39, 0.29) is 12.5 Å². The van der Waals surface area contributed by atoms with Gasteiger partial charge in [-0.05, 0) is 29.0 Å². The zero-order valence-corrected chi connectivity index (χ0v) is 20.9. The van der Waals surface area contributed by atoms with Gasteiger partial charge < -0.3 is 14.2 Å². The summed E-state index contributed by atoms with van der Waals surface area (Å²) in [5.74, 6) is -0.248. The molecule has 6 nitrogen and oxygen atoms in total. The zero-order valence-electron chi connectivity index (χ0n) is 20.9. The van der Waals surface area contributed by atoms with Gasteiger partial charge in [-0.2, -0.15) is 0 Å². The van der Waals surface area contributed by atoms with E-state index in [1.165, 1.54) is 6.92 Å². The van der Waals surface area contributed by atoms with Crippen LogP contribution < -0.4 is 0 Å². The molecule has 0 bridgehead atoms. The summed E-state index contributed by atoms with van der Waals surface area (Å²) in [7, 11) is 0. The van der Waals surface area contributed by atoms with E-state index in [2.05, 4.69) is 13.8 Å². The number of esters is 1. The van der Waals surface area contributed by atoms with Crippen molar-refractivity contribution in [2.24, 2.45) is 5.92 Å². The normalized spacial score (nSPS) is 21.7. The molecule has 0 radical (unpaired) electrons. The minimum absolute atomic E-state index is 0.140. The van der Waals surface area contributed by atoms with Crippen molar-refractivity contribution in [1.29, 1.82) is 0 Å². The molecule has 36 heavy (non-hydrogen) atoms. The number of benzene rings is 3. The highest BCUT2D eigenvalue weighted by molar-refractivity contribution is 5.70. The highest BCUT2D eigenvalue weighted by atomic mass is 16.7. The molecule has 188 valence electrons. The Balaban J connectivity index is 1.79. The topological polar surface area (TPSA) is 65.1 Å². The smallest absolute Gasteiger partial charge is 0.411 e. The molecule has 4 atom stereocenters. The van der Waals surface area contributed by atoms with Gasteiger partial charge >= 0.3 is 12.1 Å². The van der Waals surface area contributed by atoms with Gasteiger partial charge in [0.15, 0.2) is 0 Å². The van der Waals surface area contributed by atoms with Crippen LogP contribution in [0.1, 0.15) is 56.0 Å². The number of hydrogen-bond acceptors (Lipinski definition) is 5. The number of carbonyl (C=O) groups is 2. The Morgan fingerprint density at radius 1 is 0.861 bits per heavy atom. The molecule has 0 N–H and O–H groups in total. The van der Waals surface area contributed by atoms with Gasteiger partial charge in [0.1, 0.15) is 12.7 Å². The average Bonchev–Trinajstić information content (AvgIpc) is 2.89. The molecule has 0 spiro atoms. The summed E-state index contributed by atoms with van der Waals surface area (Å²) in [6.07, 6.45) is -1.40. The van der Waals surface area contributed by atoms with Crippen molar-refractivity contribution in [3.63, 3.8) is 0 Å². The fourth-order valence-corrected chi connectivity index (χ4v) is 4.70. The van der Waals surface area contributed by atoms with Gasteiger partial charge in [0, 0.05) is 6.92 Å². The summed E-state index contributed by atoms with van der Waals surface area (Å²) in [4.78, 5) is 27.7. The molecule has 0 aromatic heterocycles. The predicted octanol–water partition coefficient (Wildman–Crippen LogP) is 6.44. The minimum Gasteiger partial charge on any atom is -0.445 e. The molecule has 0 saturated carbocycles. The largest absolute Gasteiger partial charge is 0.445 e. The van der Waals surface area contributed by atoms with Gasteiger partial charge in [0.05, 0.1) is 12.1 Å². The van der Waals surface area contributed by atoms with E-state index in [1.54, 1.807) is 4.90 Å². The summed E-state index contributed by atoms with van der Waals surface area (Å²) in [5.41, 5.74) is 2.69. The molecule has 1 fully saturated rings. The first-order valence-corrected chi connectivity index (χ1v) is 12.4. The Morgan fingerprint density at radius 2 is 1.42 bits per heavy atom. The second kappa shape index (κ2) is 11.9. The molecule has 1 amide bonds. The van der Waals surface area contributed by atoms with Gasteiger partial charge in [0.25, 0.3) is 0 Å². The Labute approximate surface area is 212 Å². The molecule has 4 rings (SSSR count). The lowest BCUT2D eigenvalue weighted by molar-refractivity contribution is -0.247. The molecule has 6 heteroatoms. The lowest BCUT2D eigenvalue weighted by atomic mass is 9.89. The number of morpholine rings is 1. The monoisotopic (exact) mass is 487 g/mol. The Hall–Kier alpha value is -3.64. The van der Waals surface area contributed by atoms with Crippen molar-refractivity contribution in [1.82, 2.24) is 4.90 Å². The summed E-state index contributed by atoms with van der Waals surface area (Å²) in [6.45, 7) is 5.63. The van der Waals surface area contributed by atoms with Crippen molar-refractivity contribution in [2.45, 2.75) is 58.3 Å². The van der Waals surface area contributed by atoms with E-state index in [4.69, 9.17) is 14.2 Å². The summed E-state index contributed by atoms with van der Waals surface area (Å²) < 4.78 is 18.0. The third-order valence-electron chi connectivity index (χ3n) is 6.22. The lowest BCUT2D eigenvalue weighted by Crippen LogP contribution is -2.57. The molecule has 3 aromatic rings. The van der Waals surface area contributed by atoms with E-state index in [0.717, 1.165) is 16.7 Å². The van der Waals surface area contributed by atoms with Crippen LogP contribution in [0.5, 0.6) is 0 Å².